The molecule has 3 nitrogen and oxygen atoms in total. The summed E-state index contributed by atoms with van der Waals surface area (Å²) in [5.74, 6) is -0.595. The minimum Gasteiger partial charge on any atom is -0.362 e. The number of carbonyl (C=O) groups excluding carboxylic acids is 1. The van der Waals surface area contributed by atoms with Crippen LogP contribution in [0.5, 0.6) is 0 Å². The molecule has 15 heavy (non-hydrogen) atoms. The molecule has 1 unspecified atom stereocenters. The molecule has 0 aromatic heterocycles. The number of aryl methyl sites for hydroxylation is 1. The molecule has 0 aliphatic heterocycles. The van der Waals surface area contributed by atoms with Crippen molar-refractivity contribution in [2.24, 2.45) is 0 Å². The summed E-state index contributed by atoms with van der Waals surface area (Å²) in [4.78, 5) is 11.3. The Bertz CT molecular complexity index is 321. The number of hydrogen-bond donors (Lipinski definition) is 0. The summed E-state index contributed by atoms with van der Waals surface area (Å²) in [5.41, 5.74) is 1.86. The van der Waals surface area contributed by atoms with Gasteiger partial charge in [0.05, 0.1) is 0 Å². The molecular weight excluding hydrogens is 216 g/mol. The van der Waals surface area contributed by atoms with E-state index in [1.807, 2.05) is 38.1 Å². The normalized spacial score (nSPS) is 12.2. The maximum atomic E-state index is 11.3. The lowest BCUT2D eigenvalue weighted by atomic mass is 10.1. The molecule has 4 heteroatoms. The lowest BCUT2D eigenvalue weighted by Crippen LogP contribution is -2.16. The summed E-state index contributed by atoms with van der Waals surface area (Å²) >= 11 is 5.03. The van der Waals surface area contributed by atoms with E-state index in [0.717, 1.165) is 11.1 Å². The van der Waals surface area contributed by atoms with E-state index < -0.39 is 12.1 Å². The van der Waals surface area contributed by atoms with Gasteiger partial charge >= 0.3 is 5.97 Å². The van der Waals surface area contributed by atoms with E-state index in [1.165, 1.54) is 0 Å². The molecule has 0 saturated carbocycles. The van der Waals surface area contributed by atoms with Gasteiger partial charge in [-0.25, -0.2) is 4.79 Å². The molecule has 1 aromatic carbocycles. The second-order valence-electron chi connectivity index (χ2n) is 3.14. The van der Waals surface area contributed by atoms with Crippen LogP contribution in [0.25, 0.3) is 0 Å². The first-order valence-electron chi connectivity index (χ1n) is 4.69. The molecule has 1 aromatic rings. The molecule has 0 saturated heterocycles. The average molecular weight is 229 g/mol. The van der Waals surface area contributed by atoms with Crippen LogP contribution in [-0.2, 0) is 13.8 Å². The van der Waals surface area contributed by atoms with Crippen molar-refractivity contribution in [1.82, 2.24) is 0 Å². The van der Waals surface area contributed by atoms with Crippen LogP contribution in [0.15, 0.2) is 24.3 Å². The molecule has 0 radical (unpaired) electrons. The highest BCUT2D eigenvalue weighted by molar-refractivity contribution is 6.13. The Morgan fingerprint density at radius 1 is 1.40 bits per heavy atom. The highest BCUT2D eigenvalue weighted by Crippen LogP contribution is 2.20. The molecule has 1 atom stereocenters. The van der Waals surface area contributed by atoms with Gasteiger partial charge in [-0.2, -0.15) is 0 Å². The third-order valence-corrected chi connectivity index (χ3v) is 2.16. The van der Waals surface area contributed by atoms with E-state index >= 15 is 0 Å². The second-order valence-corrected chi connectivity index (χ2v) is 3.30. The Hall–Kier alpha value is -1.06. The summed E-state index contributed by atoms with van der Waals surface area (Å²) in [6.45, 7) is 4.20. The second kappa shape index (κ2) is 5.73. The topological polar surface area (TPSA) is 35.5 Å². The van der Waals surface area contributed by atoms with Gasteiger partial charge in [0.15, 0.2) is 6.10 Å². The van der Waals surface area contributed by atoms with Crippen molar-refractivity contribution in [3.8, 4) is 0 Å². The van der Waals surface area contributed by atoms with Crippen LogP contribution in [0.1, 0.15) is 24.2 Å². The van der Waals surface area contributed by atoms with Gasteiger partial charge in [-0.15, -0.1) is 0 Å². The van der Waals surface area contributed by atoms with Crippen LogP contribution in [0.4, 0.5) is 0 Å². The molecule has 0 N–H and O–H groups in total. The van der Waals surface area contributed by atoms with E-state index in [1.54, 1.807) is 0 Å². The molecule has 1 rings (SSSR count). The van der Waals surface area contributed by atoms with E-state index in [0.29, 0.717) is 6.61 Å². The Kier molecular flexibility index (Phi) is 4.59. The lowest BCUT2D eigenvalue weighted by Gasteiger charge is -2.13. The fourth-order valence-corrected chi connectivity index (χ4v) is 1.33. The number of hydrogen-bond acceptors (Lipinski definition) is 3. The van der Waals surface area contributed by atoms with Crippen LogP contribution < -0.4 is 0 Å². The summed E-state index contributed by atoms with van der Waals surface area (Å²) in [6, 6.07) is 7.46. The quantitative estimate of drug-likeness (QED) is 0.795. The zero-order valence-corrected chi connectivity index (χ0v) is 9.45. The van der Waals surface area contributed by atoms with E-state index in [-0.39, 0.29) is 0 Å². The average Bonchev–Trinajstić information content (AvgIpc) is 2.26. The predicted molar refractivity (Wildman–Crippen MR) is 57.5 cm³/mol. The molecule has 0 aliphatic carbocycles. The van der Waals surface area contributed by atoms with E-state index in [9.17, 15) is 4.79 Å². The summed E-state index contributed by atoms with van der Waals surface area (Å²) in [6.07, 6.45) is -0.743. The van der Waals surface area contributed by atoms with Gasteiger partial charge in [-0.05, 0) is 19.4 Å². The lowest BCUT2D eigenvalue weighted by molar-refractivity contribution is -0.147. The fourth-order valence-electron chi connectivity index (χ4n) is 1.25. The van der Waals surface area contributed by atoms with Crippen molar-refractivity contribution >= 4 is 17.8 Å². The predicted octanol–water partition coefficient (Wildman–Crippen LogP) is 2.77. The van der Waals surface area contributed by atoms with Gasteiger partial charge in [0.2, 0.25) is 0 Å². The number of rotatable bonds is 4. The smallest absolute Gasteiger partial charge is 0.357 e. The molecule has 0 spiro atoms. The van der Waals surface area contributed by atoms with Gasteiger partial charge in [0.1, 0.15) is 11.9 Å². The molecule has 0 heterocycles. The monoisotopic (exact) mass is 228 g/mol. The minimum absolute atomic E-state index is 0.421. The first-order chi connectivity index (χ1) is 7.19. The van der Waals surface area contributed by atoms with Crippen molar-refractivity contribution in [3.63, 3.8) is 0 Å². The Balaban J connectivity index is 2.88. The summed E-state index contributed by atoms with van der Waals surface area (Å²) in [5, 5.41) is 0. The van der Waals surface area contributed by atoms with Gasteiger partial charge in [0.25, 0.3) is 0 Å². The molecule has 82 valence electrons. The van der Waals surface area contributed by atoms with Crippen LogP contribution in [0.3, 0.4) is 0 Å². The number of carbonyl (C=O) groups is 1. The van der Waals surface area contributed by atoms with Crippen molar-refractivity contribution in [3.05, 3.63) is 35.4 Å². The van der Waals surface area contributed by atoms with Gasteiger partial charge in [-0.3, -0.25) is 0 Å². The largest absolute Gasteiger partial charge is 0.362 e. The first kappa shape index (κ1) is 12.0. The molecule has 0 aliphatic rings. The van der Waals surface area contributed by atoms with Crippen LogP contribution in [-0.4, -0.2) is 12.6 Å². The number of ether oxygens (including phenoxy) is 1. The highest BCUT2D eigenvalue weighted by Gasteiger charge is 2.22. The zero-order valence-electron chi connectivity index (χ0n) is 8.70. The Morgan fingerprint density at radius 3 is 2.47 bits per heavy atom. The van der Waals surface area contributed by atoms with Crippen LogP contribution in [0, 0.1) is 6.92 Å². The number of benzene rings is 1. The van der Waals surface area contributed by atoms with Crippen molar-refractivity contribution in [1.29, 1.82) is 0 Å². The third kappa shape index (κ3) is 3.22. The standard InChI is InChI=1S/C11H13ClO3/c1-3-14-10(11(13)15-12)9-6-4-8(2)5-7-9/h4-7,10H,3H2,1-2H3. The summed E-state index contributed by atoms with van der Waals surface area (Å²) < 4.78 is 9.42. The van der Waals surface area contributed by atoms with Gasteiger partial charge in [0, 0.05) is 6.61 Å². The molecule has 0 bridgehead atoms. The Labute approximate surface area is 94.1 Å². The van der Waals surface area contributed by atoms with E-state index in [4.69, 9.17) is 16.6 Å². The molecule has 0 amide bonds. The van der Waals surface area contributed by atoms with Gasteiger partial charge < -0.3 is 9.03 Å². The fraction of sp³-hybridized carbons (Fsp3) is 0.364. The maximum Gasteiger partial charge on any atom is 0.357 e. The first-order valence-corrected chi connectivity index (χ1v) is 5.00. The highest BCUT2D eigenvalue weighted by atomic mass is 35.5. The number of halogens is 1. The SMILES string of the molecule is CCOC(C(=O)OCl)c1ccc(C)cc1. The van der Waals surface area contributed by atoms with Gasteiger partial charge in [-0.1, -0.05) is 29.8 Å². The third-order valence-electron chi connectivity index (χ3n) is 2.00. The molecule has 0 fully saturated rings. The zero-order chi connectivity index (χ0) is 11.3. The van der Waals surface area contributed by atoms with Crippen LogP contribution in [0.2, 0.25) is 0 Å². The van der Waals surface area contributed by atoms with Crippen molar-refractivity contribution < 1.29 is 13.8 Å². The Morgan fingerprint density at radius 2 is 2.00 bits per heavy atom. The van der Waals surface area contributed by atoms with Crippen molar-refractivity contribution in [2.45, 2.75) is 20.0 Å². The minimum atomic E-state index is -0.743. The summed E-state index contributed by atoms with van der Waals surface area (Å²) in [7, 11) is 0. The molecular formula is C11H13ClO3. The van der Waals surface area contributed by atoms with E-state index in [2.05, 4.69) is 4.29 Å². The van der Waals surface area contributed by atoms with Crippen molar-refractivity contribution in [2.75, 3.05) is 6.61 Å². The maximum absolute atomic E-state index is 11.3. The van der Waals surface area contributed by atoms with Crippen LogP contribution >= 0.6 is 11.9 Å².